The quantitative estimate of drug-likeness (QED) is 0.467. The van der Waals surface area contributed by atoms with Crippen LogP contribution < -0.4 is 0 Å². The molecule has 2 fully saturated rings. The van der Waals surface area contributed by atoms with Crippen molar-refractivity contribution >= 4 is 0 Å². The average Bonchev–Trinajstić information content (AvgIpc) is 2.62. The summed E-state index contributed by atoms with van der Waals surface area (Å²) >= 11 is 0. The van der Waals surface area contributed by atoms with E-state index in [1.54, 1.807) is 6.92 Å². The van der Waals surface area contributed by atoms with E-state index in [0.717, 1.165) is 0 Å². The Bertz CT molecular complexity index is 422. The second-order valence-corrected chi connectivity index (χ2v) is 6.42. The van der Waals surface area contributed by atoms with Crippen LogP contribution >= 0.6 is 0 Å². The predicted octanol–water partition coefficient (Wildman–Crippen LogP) is -1.75. The van der Waals surface area contributed by atoms with Gasteiger partial charge >= 0.3 is 0 Å². The number of hydrogen-bond acceptors (Lipinski definition) is 10. The summed E-state index contributed by atoms with van der Waals surface area (Å²) < 4.78 is 37.9. The number of aliphatic hydroxyl groups is 3. The predicted molar refractivity (Wildman–Crippen MR) is 86.4 cm³/mol. The first-order valence-corrected chi connectivity index (χ1v) is 8.47. The molecule has 2 aliphatic heterocycles. The molecule has 154 valence electrons. The fourth-order valence-corrected chi connectivity index (χ4v) is 3.40. The van der Waals surface area contributed by atoms with Gasteiger partial charge in [0, 0.05) is 28.4 Å². The van der Waals surface area contributed by atoms with Crippen LogP contribution in [0.3, 0.4) is 0 Å². The van der Waals surface area contributed by atoms with Gasteiger partial charge in [0.25, 0.3) is 0 Å². The zero-order chi connectivity index (χ0) is 19.4. The molecule has 0 saturated carbocycles. The van der Waals surface area contributed by atoms with Crippen LogP contribution in [-0.2, 0) is 33.2 Å². The fraction of sp³-hybridized carbons (Fsp3) is 1.00. The van der Waals surface area contributed by atoms with Gasteiger partial charge in [0.1, 0.15) is 42.7 Å². The van der Waals surface area contributed by atoms with Crippen molar-refractivity contribution in [2.75, 3.05) is 35.0 Å². The molecule has 10 nitrogen and oxygen atoms in total. The van der Waals surface area contributed by atoms with Gasteiger partial charge in [0.2, 0.25) is 0 Å². The average molecular weight is 382 g/mol. The summed E-state index contributed by atoms with van der Waals surface area (Å²) in [5.41, 5.74) is 0. The minimum atomic E-state index is -1.37. The lowest BCUT2D eigenvalue weighted by molar-refractivity contribution is -0.357. The first-order valence-electron chi connectivity index (χ1n) is 8.47. The van der Waals surface area contributed by atoms with E-state index < -0.39 is 61.4 Å². The van der Waals surface area contributed by atoms with Crippen LogP contribution in [0.2, 0.25) is 0 Å². The maximum absolute atomic E-state index is 10.7. The zero-order valence-corrected chi connectivity index (χ0v) is 15.7. The summed E-state index contributed by atoms with van der Waals surface area (Å²) in [4.78, 5) is 0. The van der Waals surface area contributed by atoms with E-state index in [4.69, 9.17) is 33.2 Å². The van der Waals surface area contributed by atoms with E-state index in [-0.39, 0.29) is 6.61 Å². The highest BCUT2D eigenvalue weighted by molar-refractivity contribution is 4.94. The summed E-state index contributed by atoms with van der Waals surface area (Å²) in [6.45, 7) is 1.80. The Labute approximate surface area is 152 Å². The van der Waals surface area contributed by atoms with Crippen molar-refractivity contribution in [1.29, 1.82) is 0 Å². The van der Waals surface area contributed by atoms with Crippen molar-refractivity contribution in [2.45, 2.75) is 68.3 Å². The minimum absolute atomic E-state index is 0.111. The number of rotatable bonds is 7. The van der Waals surface area contributed by atoms with Crippen molar-refractivity contribution in [3.05, 3.63) is 0 Å². The zero-order valence-electron chi connectivity index (χ0n) is 15.7. The van der Waals surface area contributed by atoms with Crippen LogP contribution in [0.4, 0.5) is 0 Å². The molecule has 0 aromatic heterocycles. The highest BCUT2D eigenvalue weighted by Crippen LogP contribution is 2.30. The molecule has 0 bridgehead atoms. The molecule has 0 aromatic carbocycles. The molecule has 2 heterocycles. The second-order valence-electron chi connectivity index (χ2n) is 6.42. The molecule has 0 spiro atoms. The van der Waals surface area contributed by atoms with Gasteiger partial charge in [-0.05, 0) is 6.92 Å². The summed E-state index contributed by atoms with van der Waals surface area (Å²) in [6, 6.07) is 0. The van der Waals surface area contributed by atoms with Gasteiger partial charge in [-0.15, -0.1) is 0 Å². The van der Waals surface area contributed by atoms with E-state index in [9.17, 15) is 15.3 Å². The lowest BCUT2D eigenvalue weighted by Crippen LogP contribution is -2.64. The third kappa shape index (κ3) is 4.36. The van der Waals surface area contributed by atoms with Crippen molar-refractivity contribution in [2.24, 2.45) is 0 Å². The minimum Gasteiger partial charge on any atom is -0.387 e. The topological polar surface area (TPSA) is 125 Å². The third-order valence-electron chi connectivity index (χ3n) is 4.79. The van der Waals surface area contributed by atoms with Crippen molar-refractivity contribution < 1.29 is 48.5 Å². The van der Waals surface area contributed by atoms with Crippen molar-refractivity contribution in [3.63, 3.8) is 0 Å². The van der Waals surface area contributed by atoms with Gasteiger partial charge in [-0.2, -0.15) is 0 Å². The monoisotopic (exact) mass is 382 g/mol. The van der Waals surface area contributed by atoms with Crippen molar-refractivity contribution in [3.8, 4) is 0 Å². The van der Waals surface area contributed by atoms with Gasteiger partial charge in [0.15, 0.2) is 12.6 Å². The van der Waals surface area contributed by atoms with Crippen molar-refractivity contribution in [1.82, 2.24) is 0 Å². The fourth-order valence-electron chi connectivity index (χ4n) is 3.40. The van der Waals surface area contributed by atoms with E-state index in [1.165, 1.54) is 28.4 Å². The van der Waals surface area contributed by atoms with Crippen LogP contribution in [-0.4, -0.2) is 112 Å². The molecule has 0 aliphatic carbocycles. The molecular weight excluding hydrogens is 352 g/mol. The Morgan fingerprint density at radius 2 is 1.38 bits per heavy atom. The molecule has 10 heteroatoms. The smallest absolute Gasteiger partial charge is 0.187 e. The number of methoxy groups -OCH3 is 4. The number of ether oxygens (including phenoxy) is 7. The van der Waals surface area contributed by atoms with Gasteiger partial charge in [-0.1, -0.05) is 0 Å². The summed E-state index contributed by atoms with van der Waals surface area (Å²) in [7, 11) is 5.75. The molecule has 10 atom stereocenters. The molecule has 26 heavy (non-hydrogen) atoms. The van der Waals surface area contributed by atoms with Gasteiger partial charge < -0.3 is 48.5 Å². The largest absolute Gasteiger partial charge is 0.387 e. The van der Waals surface area contributed by atoms with Crippen LogP contribution in [0.1, 0.15) is 6.92 Å². The highest BCUT2D eigenvalue weighted by Gasteiger charge is 2.50. The van der Waals surface area contributed by atoms with E-state index in [2.05, 4.69) is 0 Å². The molecule has 2 saturated heterocycles. The normalized spacial score (nSPS) is 47.1. The Hall–Kier alpha value is -0.400. The molecule has 2 aliphatic rings. The first-order chi connectivity index (χ1) is 12.4. The Morgan fingerprint density at radius 3 is 1.92 bits per heavy atom. The number of hydrogen-bond donors (Lipinski definition) is 3. The first kappa shape index (κ1) is 21.9. The summed E-state index contributed by atoms with van der Waals surface area (Å²) in [5.74, 6) is 0. The summed E-state index contributed by atoms with van der Waals surface area (Å²) in [5, 5.41) is 31.2. The van der Waals surface area contributed by atoms with Crippen LogP contribution in [0.25, 0.3) is 0 Å². The van der Waals surface area contributed by atoms with Gasteiger partial charge in [-0.3, -0.25) is 0 Å². The van der Waals surface area contributed by atoms with E-state index >= 15 is 0 Å². The summed E-state index contributed by atoms with van der Waals surface area (Å²) in [6.07, 6.45) is -9.39. The number of aliphatic hydroxyl groups excluding tert-OH is 3. The molecule has 0 aromatic rings. The Kier molecular flexibility index (Phi) is 8.16. The highest BCUT2D eigenvalue weighted by atomic mass is 16.7. The standard InChI is InChI=1S/C16H30O10/c1-7-12(21-3)9(17)10(18)15(24-7)26-13-8(6-20-2)25-16(23-5)14(22-4)11(13)19/h7-19H,6H2,1-5H3. The third-order valence-corrected chi connectivity index (χ3v) is 4.79. The molecule has 3 N–H and O–H groups in total. The van der Waals surface area contributed by atoms with Crippen LogP contribution in [0.15, 0.2) is 0 Å². The van der Waals surface area contributed by atoms with Crippen LogP contribution in [0, 0.1) is 0 Å². The van der Waals surface area contributed by atoms with Gasteiger partial charge in [0.05, 0.1) is 12.7 Å². The molecule has 10 unspecified atom stereocenters. The SMILES string of the molecule is COCC1OC(OC)C(OC)C(O)C1OC1OC(C)C(OC)C(O)C1O. The van der Waals surface area contributed by atoms with E-state index in [0.29, 0.717) is 0 Å². The molecule has 0 amide bonds. The molecular formula is C16H30O10. The second kappa shape index (κ2) is 9.69. The molecule has 2 rings (SSSR count). The van der Waals surface area contributed by atoms with Gasteiger partial charge in [-0.25, -0.2) is 0 Å². The van der Waals surface area contributed by atoms with E-state index in [1.807, 2.05) is 0 Å². The maximum Gasteiger partial charge on any atom is 0.187 e. The lowest BCUT2D eigenvalue weighted by Gasteiger charge is -2.46. The van der Waals surface area contributed by atoms with Crippen LogP contribution in [0.5, 0.6) is 0 Å². The Morgan fingerprint density at radius 1 is 0.731 bits per heavy atom. The maximum atomic E-state index is 10.7. The Balaban J connectivity index is 2.16. The lowest BCUT2D eigenvalue weighted by atomic mass is 9.97. The molecule has 0 radical (unpaired) electrons.